The van der Waals surface area contributed by atoms with E-state index in [9.17, 15) is 8.42 Å². The molecule has 1 heterocycles. The summed E-state index contributed by atoms with van der Waals surface area (Å²) in [5.41, 5.74) is 1.48. The minimum absolute atomic E-state index is 0.116. The van der Waals surface area contributed by atoms with Crippen LogP contribution in [-0.2, 0) is 20.5 Å². The Morgan fingerprint density at radius 3 is 2.67 bits per heavy atom. The highest BCUT2D eigenvalue weighted by Crippen LogP contribution is 2.27. The van der Waals surface area contributed by atoms with Gasteiger partial charge in [0.2, 0.25) is 10.0 Å². The van der Waals surface area contributed by atoms with Crippen molar-refractivity contribution in [2.45, 2.75) is 11.9 Å². The molecule has 1 atom stereocenters. The third-order valence-electron chi connectivity index (χ3n) is 3.94. The van der Waals surface area contributed by atoms with E-state index >= 15 is 0 Å². The summed E-state index contributed by atoms with van der Waals surface area (Å²) in [7, 11) is -3.47. The predicted molar refractivity (Wildman–Crippen MR) is 95.8 cm³/mol. The molecule has 1 aliphatic heterocycles. The molecule has 0 bridgehead atoms. The van der Waals surface area contributed by atoms with Crippen molar-refractivity contribution in [2.24, 2.45) is 0 Å². The van der Waals surface area contributed by atoms with Crippen LogP contribution in [0.15, 0.2) is 48.5 Å². The van der Waals surface area contributed by atoms with Crippen LogP contribution in [0.5, 0.6) is 0 Å². The Hall–Kier alpha value is -1.11. The Kier molecular flexibility index (Phi) is 5.47. The molecule has 2 aromatic carbocycles. The van der Waals surface area contributed by atoms with Crippen LogP contribution in [0, 0.1) is 0 Å². The lowest BCUT2D eigenvalue weighted by Gasteiger charge is -2.32. The molecule has 1 aliphatic rings. The molecule has 0 amide bonds. The van der Waals surface area contributed by atoms with Gasteiger partial charge in [0.15, 0.2) is 0 Å². The van der Waals surface area contributed by atoms with Gasteiger partial charge >= 0.3 is 0 Å². The molecule has 0 radical (unpaired) electrons. The number of rotatable bonds is 4. The van der Waals surface area contributed by atoms with Crippen molar-refractivity contribution in [3.05, 3.63) is 69.7 Å². The molecule has 0 N–H and O–H groups in total. The summed E-state index contributed by atoms with van der Waals surface area (Å²) < 4.78 is 32.7. The summed E-state index contributed by atoms with van der Waals surface area (Å²) in [6, 6.07) is 14.3. The molecule has 3 rings (SSSR count). The molecular formula is C17H17Cl2NO3S. The van der Waals surface area contributed by atoms with E-state index < -0.39 is 10.0 Å². The Labute approximate surface area is 152 Å². The fourth-order valence-electron chi connectivity index (χ4n) is 2.69. The molecule has 0 aliphatic carbocycles. The number of halogens is 2. The van der Waals surface area contributed by atoms with Crippen LogP contribution in [0.2, 0.25) is 10.0 Å². The molecular weight excluding hydrogens is 369 g/mol. The molecule has 0 saturated carbocycles. The highest BCUT2D eigenvalue weighted by molar-refractivity contribution is 7.88. The lowest BCUT2D eigenvalue weighted by molar-refractivity contribution is -0.00259. The average molecular weight is 386 g/mol. The molecule has 1 saturated heterocycles. The molecule has 1 fully saturated rings. The maximum absolute atomic E-state index is 12.7. The van der Waals surface area contributed by atoms with Gasteiger partial charge in [0.05, 0.1) is 18.5 Å². The summed E-state index contributed by atoms with van der Waals surface area (Å²) in [5.74, 6) is -0.116. The van der Waals surface area contributed by atoms with Gasteiger partial charge in [-0.05, 0) is 29.3 Å². The average Bonchev–Trinajstić information content (AvgIpc) is 2.57. The van der Waals surface area contributed by atoms with Crippen LogP contribution in [0.1, 0.15) is 17.2 Å². The highest BCUT2D eigenvalue weighted by Gasteiger charge is 2.30. The van der Waals surface area contributed by atoms with E-state index in [4.69, 9.17) is 27.9 Å². The third-order valence-corrected chi connectivity index (χ3v) is 6.34. The predicted octanol–water partition coefficient (Wildman–Crippen LogP) is 3.90. The quantitative estimate of drug-likeness (QED) is 0.801. The van der Waals surface area contributed by atoms with Crippen molar-refractivity contribution in [1.29, 1.82) is 0 Å². The SMILES string of the molecule is O=S(=O)(Cc1ccccc1Cl)N1CCOC(c2cccc(Cl)c2)C1. The fourth-order valence-corrected chi connectivity index (χ4v) is 4.71. The lowest BCUT2D eigenvalue weighted by atomic mass is 10.1. The van der Waals surface area contributed by atoms with Gasteiger partial charge in [0.1, 0.15) is 0 Å². The third kappa shape index (κ3) is 4.10. The van der Waals surface area contributed by atoms with Crippen LogP contribution in [0.3, 0.4) is 0 Å². The van der Waals surface area contributed by atoms with Gasteiger partial charge in [-0.3, -0.25) is 0 Å². The summed E-state index contributed by atoms with van der Waals surface area (Å²) in [5, 5.41) is 1.06. The van der Waals surface area contributed by atoms with Crippen LogP contribution in [-0.4, -0.2) is 32.4 Å². The van der Waals surface area contributed by atoms with Gasteiger partial charge in [-0.1, -0.05) is 53.5 Å². The second kappa shape index (κ2) is 7.42. The number of hydrogen-bond acceptors (Lipinski definition) is 3. The number of ether oxygens (including phenoxy) is 1. The maximum atomic E-state index is 12.7. The number of benzene rings is 2. The van der Waals surface area contributed by atoms with Crippen molar-refractivity contribution in [1.82, 2.24) is 4.31 Å². The maximum Gasteiger partial charge on any atom is 0.218 e. The zero-order chi connectivity index (χ0) is 17.2. The Balaban J connectivity index is 1.77. The van der Waals surface area contributed by atoms with E-state index in [1.165, 1.54) is 4.31 Å². The minimum Gasteiger partial charge on any atom is -0.371 e. The minimum atomic E-state index is -3.47. The number of nitrogens with zero attached hydrogens (tertiary/aromatic N) is 1. The lowest BCUT2D eigenvalue weighted by Crippen LogP contribution is -2.42. The molecule has 4 nitrogen and oxygen atoms in total. The van der Waals surface area contributed by atoms with Crippen molar-refractivity contribution < 1.29 is 13.2 Å². The fraction of sp³-hybridized carbons (Fsp3) is 0.294. The first-order valence-electron chi connectivity index (χ1n) is 7.54. The zero-order valence-electron chi connectivity index (χ0n) is 12.9. The number of morpholine rings is 1. The number of hydrogen-bond donors (Lipinski definition) is 0. The van der Waals surface area contributed by atoms with E-state index in [-0.39, 0.29) is 18.4 Å². The smallest absolute Gasteiger partial charge is 0.218 e. The number of sulfonamides is 1. The Bertz CT molecular complexity index is 826. The van der Waals surface area contributed by atoms with Gasteiger partial charge in [-0.25, -0.2) is 8.42 Å². The van der Waals surface area contributed by atoms with Crippen LogP contribution < -0.4 is 0 Å². The van der Waals surface area contributed by atoms with Crippen LogP contribution in [0.25, 0.3) is 0 Å². The summed E-state index contributed by atoms with van der Waals surface area (Å²) in [6.07, 6.45) is -0.321. The van der Waals surface area contributed by atoms with Crippen LogP contribution >= 0.6 is 23.2 Å². The first-order valence-corrected chi connectivity index (χ1v) is 9.90. The summed E-state index contributed by atoms with van der Waals surface area (Å²) >= 11 is 12.1. The monoisotopic (exact) mass is 385 g/mol. The molecule has 0 spiro atoms. The first-order chi connectivity index (χ1) is 11.5. The topological polar surface area (TPSA) is 46.6 Å². The highest BCUT2D eigenvalue weighted by atomic mass is 35.5. The van der Waals surface area contributed by atoms with Crippen molar-refractivity contribution in [3.8, 4) is 0 Å². The molecule has 0 aromatic heterocycles. The van der Waals surface area contributed by atoms with Crippen molar-refractivity contribution >= 4 is 33.2 Å². The van der Waals surface area contributed by atoms with Gasteiger partial charge < -0.3 is 4.74 Å². The van der Waals surface area contributed by atoms with Gasteiger partial charge in [-0.15, -0.1) is 0 Å². The van der Waals surface area contributed by atoms with E-state index in [2.05, 4.69) is 0 Å². The molecule has 128 valence electrons. The second-order valence-electron chi connectivity index (χ2n) is 5.62. The van der Waals surface area contributed by atoms with E-state index in [1.54, 1.807) is 36.4 Å². The second-order valence-corrected chi connectivity index (χ2v) is 8.43. The van der Waals surface area contributed by atoms with E-state index in [0.29, 0.717) is 28.8 Å². The molecule has 7 heteroatoms. The van der Waals surface area contributed by atoms with Gasteiger partial charge in [-0.2, -0.15) is 4.31 Å². The summed E-state index contributed by atoms with van der Waals surface area (Å²) in [4.78, 5) is 0. The van der Waals surface area contributed by atoms with E-state index in [1.807, 2.05) is 12.1 Å². The zero-order valence-corrected chi connectivity index (χ0v) is 15.2. The van der Waals surface area contributed by atoms with E-state index in [0.717, 1.165) is 5.56 Å². The largest absolute Gasteiger partial charge is 0.371 e. The molecule has 1 unspecified atom stereocenters. The van der Waals surface area contributed by atoms with Crippen molar-refractivity contribution in [3.63, 3.8) is 0 Å². The van der Waals surface area contributed by atoms with Crippen molar-refractivity contribution in [2.75, 3.05) is 19.7 Å². The standard InChI is InChI=1S/C17H17Cl2NO3S/c18-15-6-3-5-13(10-15)17-11-20(8-9-23-17)24(21,22)12-14-4-1-2-7-16(14)19/h1-7,10,17H,8-9,11-12H2. The Morgan fingerprint density at radius 2 is 1.92 bits per heavy atom. The molecule has 24 heavy (non-hydrogen) atoms. The Morgan fingerprint density at radius 1 is 1.12 bits per heavy atom. The summed E-state index contributed by atoms with van der Waals surface area (Å²) in [6.45, 7) is 0.954. The van der Waals surface area contributed by atoms with Crippen LogP contribution in [0.4, 0.5) is 0 Å². The van der Waals surface area contributed by atoms with Gasteiger partial charge in [0, 0.05) is 23.1 Å². The normalized spacial score (nSPS) is 19.3. The first kappa shape index (κ1) is 17.7. The van der Waals surface area contributed by atoms with Gasteiger partial charge in [0.25, 0.3) is 0 Å². The molecule has 2 aromatic rings.